The van der Waals surface area contributed by atoms with Gasteiger partial charge < -0.3 is 10.1 Å². The van der Waals surface area contributed by atoms with E-state index in [4.69, 9.17) is 0 Å². The minimum atomic E-state index is -2.98. The molecule has 0 fully saturated rings. The minimum Gasteiger partial charge on any atom is -0.434 e. The van der Waals surface area contributed by atoms with Crippen molar-refractivity contribution in [2.45, 2.75) is 19.7 Å². The summed E-state index contributed by atoms with van der Waals surface area (Å²) in [6.07, 6.45) is 3.29. The molecule has 1 aromatic heterocycles. The Bertz CT molecular complexity index is 549. The Kier molecular flexibility index (Phi) is 4.95. The van der Waals surface area contributed by atoms with E-state index in [0.29, 0.717) is 6.54 Å². The van der Waals surface area contributed by atoms with Gasteiger partial charge in [-0.2, -0.15) is 8.78 Å². The zero-order chi connectivity index (χ0) is 14.4. The van der Waals surface area contributed by atoms with Crippen LogP contribution in [-0.2, 0) is 13.1 Å². The van der Waals surface area contributed by atoms with E-state index in [-0.39, 0.29) is 17.9 Å². The van der Waals surface area contributed by atoms with E-state index in [9.17, 15) is 13.2 Å². The van der Waals surface area contributed by atoms with E-state index >= 15 is 0 Å². The molecule has 6 heteroatoms. The maximum Gasteiger partial charge on any atom is 0.387 e. The van der Waals surface area contributed by atoms with Gasteiger partial charge >= 0.3 is 6.61 Å². The van der Waals surface area contributed by atoms with E-state index in [0.717, 1.165) is 5.56 Å². The first-order valence-electron chi connectivity index (χ1n) is 5.98. The summed E-state index contributed by atoms with van der Waals surface area (Å²) in [4.78, 5) is 3.88. The molecule has 0 unspecified atom stereocenters. The third kappa shape index (κ3) is 3.96. The number of hydrogen-bond donors (Lipinski definition) is 1. The fourth-order valence-corrected chi connectivity index (χ4v) is 1.75. The van der Waals surface area contributed by atoms with Crippen LogP contribution in [0.1, 0.15) is 11.1 Å². The summed E-state index contributed by atoms with van der Waals surface area (Å²) in [5.41, 5.74) is 1.05. The van der Waals surface area contributed by atoms with Crippen LogP contribution in [0.3, 0.4) is 0 Å². The molecular weight excluding hydrogens is 269 g/mol. The van der Waals surface area contributed by atoms with E-state index in [2.05, 4.69) is 15.0 Å². The summed E-state index contributed by atoms with van der Waals surface area (Å²) < 4.78 is 42.5. The van der Waals surface area contributed by atoms with E-state index in [1.807, 2.05) is 12.1 Å². The summed E-state index contributed by atoms with van der Waals surface area (Å²) >= 11 is 0. The molecule has 0 bridgehead atoms. The first-order chi connectivity index (χ1) is 9.66. The molecule has 0 amide bonds. The highest BCUT2D eigenvalue weighted by molar-refractivity contribution is 5.34. The van der Waals surface area contributed by atoms with Crippen LogP contribution in [0, 0.1) is 5.82 Å². The number of halogens is 3. The van der Waals surface area contributed by atoms with Gasteiger partial charge in [0.05, 0.1) is 0 Å². The molecule has 1 aromatic carbocycles. The predicted molar refractivity (Wildman–Crippen MR) is 67.8 cm³/mol. The average Bonchev–Trinajstić information content (AvgIpc) is 2.42. The number of rotatable bonds is 6. The smallest absolute Gasteiger partial charge is 0.387 e. The Balaban J connectivity index is 2.01. The SMILES string of the molecule is Fc1cccc(OC(F)F)c1CNCc1ccncc1. The largest absolute Gasteiger partial charge is 0.434 e. The number of nitrogens with one attached hydrogen (secondary N) is 1. The molecule has 0 saturated heterocycles. The van der Waals surface area contributed by atoms with Crippen molar-refractivity contribution in [1.82, 2.24) is 10.3 Å². The number of alkyl halides is 2. The Morgan fingerprint density at radius 1 is 1.10 bits per heavy atom. The summed E-state index contributed by atoms with van der Waals surface area (Å²) in [7, 11) is 0. The van der Waals surface area contributed by atoms with E-state index in [1.54, 1.807) is 12.4 Å². The Morgan fingerprint density at radius 2 is 1.85 bits per heavy atom. The minimum absolute atomic E-state index is 0.0851. The molecule has 0 aliphatic rings. The topological polar surface area (TPSA) is 34.1 Å². The van der Waals surface area contributed by atoms with E-state index < -0.39 is 12.4 Å². The second kappa shape index (κ2) is 6.91. The van der Waals surface area contributed by atoms with Gasteiger partial charge in [0, 0.05) is 31.0 Å². The molecule has 2 rings (SSSR count). The van der Waals surface area contributed by atoms with Crippen LogP contribution in [0.25, 0.3) is 0 Å². The lowest BCUT2D eigenvalue weighted by molar-refractivity contribution is -0.0506. The second-order valence-electron chi connectivity index (χ2n) is 4.05. The van der Waals surface area contributed by atoms with Gasteiger partial charge in [-0.05, 0) is 29.8 Å². The number of hydrogen-bond acceptors (Lipinski definition) is 3. The van der Waals surface area contributed by atoms with Crippen LogP contribution in [0.2, 0.25) is 0 Å². The van der Waals surface area contributed by atoms with Gasteiger partial charge in [-0.25, -0.2) is 4.39 Å². The van der Waals surface area contributed by atoms with Crippen molar-refractivity contribution >= 4 is 0 Å². The quantitative estimate of drug-likeness (QED) is 0.884. The zero-order valence-electron chi connectivity index (χ0n) is 10.5. The third-order valence-corrected chi connectivity index (χ3v) is 2.67. The molecule has 0 radical (unpaired) electrons. The normalized spacial score (nSPS) is 10.8. The Hall–Kier alpha value is -2.08. The molecule has 3 nitrogen and oxygen atoms in total. The molecule has 20 heavy (non-hydrogen) atoms. The van der Waals surface area contributed by atoms with Gasteiger partial charge in [0.15, 0.2) is 0 Å². The van der Waals surface area contributed by atoms with Crippen LogP contribution >= 0.6 is 0 Å². The van der Waals surface area contributed by atoms with Crippen molar-refractivity contribution in [3.63, 3.8) is 0 Å². The van der Waals surface area contributed by atoms with Crippen LogP contribution < -0.4 is 10.1 Å². The van der Waals surface area contributed by atoms with E-state index in [1.165, 1.54) is 18.2 Å². The Morgan fingerprint density at radius 3 is 2.55 bits per heavy atom. The van der Waals surface area contributed by atoms with Gasteiger partial charge in [0.25, 0.3) is 0 Å². The summed E-state index contributed by atoms with van der Waals surface area (Å²) in [5, 5.41) is 2.98. The maximum absolute atomic E-state index is 13.7. The molecule has 1 heterocycles. The first-order valence-corrected chi connectivity index (χ1v) is 5.98. The second-order valence-corrected chi connectivity index (χ2v) is 4.05. The van der Waals surface area contributed by atoms with Gasteiger partial charge in [-0.1, -0.05) is 6.07 Å². The fourth-order valence-electron chi connectivity index (χ4n) is 1.75. The number of nitrogens with zero attached hydrogens (tertiary/aromatic N) is 1. The van der Waals surface area contributed by atoms with Gasteiger partial charge in [-0.3, -0.25) is 4.98 Å². The van der Waals surface area contributed by atoms with Gasteiger partial charge in [0.2, 0.25) is 0 Å². The molecule has 0 saturated carbocycles. The molecule has 0 aliphatic heterocycles. The monoisotopic (exact) mass is 282 g/mol. The molecule has 0 aliphatic carbocycles. The zero-order valence-corrected chi connectivity index (χ0v) is 10.5. The number of aromatic nitrogens is 1. The molecule has 0 spiro atoms. The van der Waals surface area contributed by atoms with Crippen molar-refractivity contribution < 1.29 is 17.9 Å². The highest BCUT2D eigenvalue weighted by Gasteiger charge is 2.13. The number of ether oxygens (including phenoxy) is 1. The van der Waals surface area contributed by atoms with Crippen molar-refractivity contribution in [3.8, 4) is 5.75 Å². The summed E-state index contributed by atoms with van der Waals surface area (Å²) in [6.45, 7) is -2.40. The summed E-state index contributed by atoms with van der Waals surface area (Å²) in [5.74, 6) is -0.729. The highest BCUT2D eigenvalue weighted by Crippen LogP contribution is 2.23. The molecule has 0 atom stereocenters. The molecule has 106 valence electrons. The number of pyridine rings is 1. The lowest BCUT2D eigenvalue weighted by Gasteiger charge is -2.12. The molecular formula is C14H13F3N2O. The van der Waals surface area contributed by atoms with Crippen molar-refractivity contribution in [2.75, 3.05) is 0 Å². The van der Waals surface area contributed by atoms with Crippen molar-refractivity contribution in [3.05, 3.63) is 59.7 Å². The van der Waals surface area contributed by atoms with Crippen LogP contribution in [0.5, 0.6) is 5.75 Å². The predicted octanol–water partition coefficient (Wildman–Crippen LogP) is 3.11. The van der Waals surface area contributed by atoms with Crippen molar-refractivity contribution in [2.24, 2.45) is 0 Å². The first kappa shape index (κ1) is 14.3. The third-order valence-electron chi connectivity index (χ3n) is 2.67. The van der Waals surface area contributed by atoms with Crippen molar-refractivity contribution in [1.29, 1.82) is 0 Å². The standard InChI is InChI=1S/C14H13F3N2O/c15-12-2-1-3-13(20-14(16)17)11(12)9-19-8-10-4-6-18-7-5-10/h1-7,14,19H,8-9H2. The number of benzene rings is 1. The summed E-state index contributed by atoms with van der Waals surface area (Å²) in [6, 6.07) is 7.48. The van der Waals surface area contributed by atoms with Crippen LogP contribution in [0.15, 0.2) is 42.7 Å². The van der Waals surface area contributed by atoms with Gasteiger partial charge in [-0.15, -0.1) is 0 Å². The van der Waals surface area contributed by atoms with Gasteiger partial charge in [0.1, 0.15) is 11.6 Å². The van der Waals surface area contributed by atoms with Crippen LogP contribution in [0.4, 0.5) is 13.2 Å². The maximum atomic E-state index is 13.7. The molecule has 1 N–H and O–H groups in total. The van der Waals surface area contributed by atoms with Crippen LogP contribution in [-0.4, -0.2) is 11.6 Å². The highest BCUT2D eigenvalue weighted by atomic mass is 19.3. The Labute approximate surface area is 114 Å². The average molecular weight is 282 g/mol. The lowest BCUT2D eigenvalue weighted by atomic mass is 10.2. The fraction of sp³-hybridized carbons (Fsp3) is 0.214. The lowest BCUT2D eigenvalue weighted by Crippen LogP contribution is -2.15. The molecule has 2 aromatic rings.